The van der Waals surface area contributed by atoms with Crippen LogP contribution in [0.5, 0.6) is 0 Å². The monoisotopic (exact) mass is 289 g/mol. The Morgan fingerprint density at radius 3 is 2.86 bits per heavy atom. The molecular formula is C15H19N3O3. The predicted octanol–water partition coefficient (Wildman–Crippen LogP) is 2.50. The molecular weight excluding hydrogens is 270 g/mol. The molecule has 2 rings (SSSR count). The number of aromatic nitrogens is 2. The minimum absolute atomic E-state index is 0.0495. The van der Waals surface area contributed by atoms with Gasteiger partial charge in [0.05, 0.1) is 18.3 Å². The maximum atomic E-state index is 11.8. The molecule has 21 heavy (non-hydrogen) atoms. The Morgan fingerprint density at radius 1 is 1.43 bits per heavy atom. The highest BCUT2D eigenvalue weighted by Crippen LogP contribution is 2.17. The zero-order valence-corrected chi connectivity index (χ0v) is 12.4. The van der Waals surface area contributed by atoms with E-state index in [2.05, 4.69) is 10.4 Å². The third kappa shape index (κ3) is 3.59. The van der Waals surface area contributed by atoms with Crippen molar-refractivity contribution in [3.8, 4) is 0 Å². The lowest BCUT2D eigenvalue weighted by Gasteiger charge is -2.08. The molecule has 0 saturated heterocycles. The quantitative estimate of drug-likeness (QED) is 0.858. The van der Waals surface area contributed by atoms with E-state index in [0.717, 1.165) is 0 Å². The summed E-state index contributed by atoms with van der Waals surface area (Å²) in [6, 6.07) is 3.46. The zero-order valence-electron chi connectivity index (χ0n) is 12.4. The third-order valence-electron chi connectivity index (χ3n) is 2.89. The van der Waals surface area contributed by atoms with Crippen molar-refractivity contribution in [3.05, 3.63) is 30.1 Å². The van der Waals surface area contributed by atoms with Gasteiger partial charge in [0, 0.05) is 18.3 Å². The summed E-state index contributed by atoms with van der Waals surface area (Å²) in [5, 5.41) is 6.91. The van der Waals surface area contributed by atoms with Gasteiger partial charge >= 0.3 is 5.97 Å². The van der Waals surface area contributed by atoms with Crippen LogP contribution in [0.25, 0.3) is 5.52 Å². The molecule has 0 atom stereocenters. The van der Waals surface area contributed by atoms with E-state index < -0.39 is 5.97 Å². The molecule has 112 valence electrons. The second-order valence-corrected chi connectivity index (χ2v) is 5.17. The summed E-state index contributed by atoms with van der Waals surface area (Å²) in [4.78, 5) is 23.6. The predicted molar refractivity (Wildman–Crippen MR) is 79.2 cm³/mol. The van der Waals surface area contributed by atoms with Crippen molar-refractivity contribution in [1.82, 2.24) is 9.61 Å². The molecule has 6 heteroatoms. The molecule has 0 aromatic carbocycles. The Hall–Kier alpha value is -2.37. The topological polar surface area (TPSA) is 72.7 Å². The van der Waals surface area contributed by atoms with E-state index in [1.807, 2.05) is 13.8 Å². The molecule has 2 aromatic rings. The molecule has 0 radical (unpaired) electrons. The van der Waals surface area contributed by atoms with Crippen LogP contribution in [-0.2, 0) is 9.53 Å². The van der Waals surface area contributed by atoms with E-state index in [4.69, 9.17) is 4.74 Å². The van der Waals surface area contributed by atoms with Crippen molar-refractivity contribution < 1.29 is 14.3 Å². The summed E-state index contributed by atoms with van der Waals surface area (Å²) in [6.07, 6.45) is 3.62. The molecule has 0 aliphatic heterocycles. The highest BCUT2D eigenvalue weighted by molar-refractivity contribution is 5.98. The number of carbonyl (C=O) groups is 2. The lowest BCUT2D eigenvalue weighted by molar-refractivity contribution is -0.116. The van der Waals surface area contributed by atoms with Crippen LogP contribution < -0.4 is 5.32 Å². The fourth-order valence-corrected chi connectivity index (χ4v) is 2.01. The van der Waals surface area contributed by atoms with Crippen LogP contribution in [-0.4, -0.2) is 28.1 Å². The van der Waals surface area contributed by atoms with Gasteiger partial charge in [-0.1, -0.05) is 13.8 Å². The van der Waals surface area contributed by atoms with Crippen LogP contribution in [0.2, 0.25) is 0 Å². The molecule has 2 aromatic heterocycles. The van der Waals surface area contributed by atoms with Crippen LogP contribution in [0.1, 0.15) is 37.6 Å². The van der Waals surface area contributed by atoms with E-state index in [1.54, 1.807) is 29.8 Å². The third-order valence-corrected chi connectivity index (χ3v) is 2.89. The molecule has 0 unspecified atom stereocenters. The van der Waals surface area contributed by atoms with Gasteiger partial charge in [-0.3, -0.25) is 4.79 Å². The number of hydrogen-bond donors (Lipinski definition) is 1. The number of pyridine rings is 1. The SMILES string of the molecule is CCOC(=O)c1cnn2ccc(NC(=O)CC(C)C)cc12. The number of ether oxygens (including phenoxy) is 1. The second-order valence-electron chi connectivity index (χ2n) is 5.17. The summed E-state index contributed by atoms with van der Waals surface area (Å²) in [7, 11) is 0. The standard InChI is InChI=1S/C15H19N3O3/c1-4-21-15(20)12-9-16-18-6-5-11(8-13(12)18)17-14(19)7-10(2)3/h5-6,8-10H,4,7H2,1-3H3,(H,17,19). The number of anilines is 1. The van der Waals surface area contributed by atoms with Crippen LogP contribution in [0, 0.1) is 5.92 Å². The molecule has 0 fully saturated rings. The van der Waals surface area contributed by atoms with Crippen LogP contribution >= 0.6 is 0 Å². The summed E-state index contributed by atoms with van der Waals surface area (Å²) in [5.41, 5.74) is 1.63. The summed E-state index contributed by atoms with van der Waals surface area (Å²) < 4.78 is 6.56. The van der Waals surface area contributed by atoms with Gasteiger partial charge in [0.25, 0.3) is 0 Å². The van der Waals surface area contributed by atoms with Crippen molar-refractivity contribution in [2.45, 2.75) is 27.2 Å². The number of fused-ring (bicyclic) bond motifs is 1. The van der Waals surface area contributed by atoms with Gasteiger partial charge in [0.2, 0.25) is 5.91 Å². The molecule has 0 aliphatic carbocycles. The van der Waals surface area contributed by atoms with Gasteiger partial charge in [-0.2, -0.15) is 5.10 Å². The highest BCUT2D eigenvalue weighted by Gasteiger charge is 2.14. The van der Waals surface area contributed by atoms with E-state index in [9.17, 15) is 9.59 Å². The maximum Gasteiger partial charge on any atom is 0.341 e. The zero-order chi connectivity index (χ0) is 15.4. The maximum absolute atomic E-state index is 11.8. The van der Waals surface area contributed by atoms with Crippen molar-refractivity contribution in [2.24, 2.45) is 5.92 Å². The van der Waals surface area contributed by atoms with E-state index in [1.165, 1.54) is 6.20 Å². The first-order valence-electron chi connectivity index (χ1n) is 6.95. The molecule has 6 nitrogen and oxygen atoms in total. The molecule has 0 saturated carbocycles. The van der Waals surface area contributed by atoms with Crippen molar-refractivity contribution in [1.29, 1.82) is 0 Å². The molecule has 0 aliphatic rings. The van der Waals surface area contributed by atoms with E-state index in [-0.39, 0.29) is 5.91 Å². The molecule has 2 heterocycles. The fourth-order valence-electron chi connectivity index (χ4n) is 2.01. The van der Waals surface area contributed by atoms with Gasteiger partial charge in [0.1, 0.15) is 5.56 Å². The highest BCUT2D eigenvalue weighted by atomic mass is 16.5. The number of carbonyl (C=O) groups excluding carboxylic acids is 2. The van der Waals surface area contributed by atoms with Crippen molar-refractivity contribution in [2.75, 3.05) is 11.9 Å². The van der Waals surface area contributed by atoms with Crippen LogP contribution in [0.3, 0.4) is 0 Å². The van der Waals surface area contributed by atoms with E-state index in [0.29, 0.717) is 35.7 Å². The van der Waals surface area contributed by atoms with Gasteiger partial charge in [-0.25, -0.2) is 9.31 Å². The normalized spacial score (nSPS) is 10.9. The Kier molecular flexibility index (Phi) is 4.57. The fraction of sp³-hybridized carbons (Fsp3) is 0.400. The van der Waals surface area contributed by atoms with Gasteiger partial charge in [-0.05, 0) is 25.0 Å². The number of rotatable bonds is 5. The van der Waals surface area contributed by atoms with Gasteiger partial charge in [-0.15, -0.1) is 0 Å². The number of amides is 1. The van der Waals surface area contributed by atoms with Crippen LogP contribution in [0.15, 0.2) is 24.5 Å². The average Bonchev–Trinajstić information content (AvgIpc) is 2.81. The second kappa shape index (κ2) is 6.39. The van der Waals surface area contributed by atoms with Gasteiger partial charge in [0.15, 0.2) is 0 Å². The minimum atomic E-state index is -0.418. The Bertz CT molecular complexity index is 661. The summed E-state index contributed by atoms with van der Waals surface area (Å²) >= 11 is 0. The lowest BCUT2D eigenvalue weighted by Crippen LogP contribution is -2.14. The first-order valence-corrected chi connectivity index (χ1v) is 6.95. The Morgan fingerprint density at radius 2 is 2.19 bits per heavy atom. The first kappa shape index (κ1) is 15.0. The van der Waals surface area contributed by atoms with Crippen molar-refractivity contribution >= 4 is 23.1 Å². The lowest BCUT2D eigenvalue weighted by atomic mass is 10.1. The first-order chi connectivity index (χ1) is 10.0. The summed E-state index contributed by atoms with van der Waals surface area (Å²) in [5.74, 6) is -0.177. The largest absolute Gasteiger partial charge is 0.462 e. The summed E-state index contributed by atoms with van der Waals surface area (Å²) in [6.45, 7) is 6.03. The van der Waals surface area contributed by atoms with Crippen LogP contribution in [0.4, 0.5) is 5.69 Å². The number of hydrogen-bond acceptors (Lipinski definition) is 4. The Labute approximate surface area is 123 Å². The molecule has 0 bridgehead atoms. The van der Waals surface area contributed by atoms with E-state index >= 15 is 0 Å². The number of nitrogens with one attached hydrogen (secondary N) is 1. The number of nitrogens with zero attached hydrogens (tertiary/aromatic N) is 2. The van der Waals surface area contributed by atoms with Gasteiger partial charge < -0.3 is 10.1 Å². The number of esters is 1. The smallest absolute Gasteiger partial charge is 0.341 e. The molecule has 1 N–H and O–H groups in total. The molecule has 0 spiro atoms. The Balaban J connectivity index is 2.25. The average molecular weight is 289 g/mol. The van der Waals surface area contributed by atoms with Crippen molar-refractivity contribution in [3.63, 3.8) is 0 Å². The molecule has 1 amide bonds. The minimum Gasteiger partial charge on any atom is -0.462 e.